The lowest BCUT2D eigenvalue weighted by atomic mass is 9.99. The maximum absolute atomic E-state index is 9.61. The summed E-state index contributed by atoms with van der Waals surface area (Å²) in [6.07, 6.45) is 1.40. The monoisotopic (exact) mass is 236 g/mol. The molecule has 2 unspecified atom stereocenters. The lowest BCUT2D eigenvalue weighted by Crippen LogP contribution is -2.23. The summed E-state index contributed by atoms with van der Waals surface area (Å²) in [4.78, 5) is 0. The molecule has 17 heavy (non-hydrogen) atoms. The van der Waals surface area contributed by atoms with E-state index >= 15 is 0 Å². The third-order valence-corrected chi connectivity index (χ3v) is 2.88. The number of aliphatic hydroxyl groups is 1. The van der Waals surface area contributed by atoms with Crippen LogP contribution in [0.1, 0.15) is 38.4 Å². The van der Waals surface area contributed by atoms with Crippen LogP contribution in [0.15, 0.2) is 24.3 Å². The Morgan fingerprint density at radius 2 is 2.00 bits per heavy atom. The van der Waals surface area contributed by atoms with E-state index < -0.39 is 0 Å². The predicted octanol–water partition coefficient (Wildman–Crippen LogP) is 2.69. The van der Waals surface area contributed by atoms with Gasteiger partial charge in [-0.15, -0.1) is 0 Å². The molecule has 0 amide bonds. The predicted molar refractivity (Wildman–Crippen MR) is 66.1 cm³/mol. The summed E-state index contributed by atoms with van der Waals surface area (Å²) in [5, 5.41) is 9.61. The van der Waals surface area contributed by atoms with Gasteiger partial charge in [-0.1, -0.05) is 12.1 Å². The van der Waals surface area contributed by atoms with Crippen LogP contribution < -0.4 is 4.74 Å². The van der Waals surface area contributed by atoms with Gasteiger partial charge < -0.3 is 14.6 Å². The van der Waals surface area contributed by atoms with Gasteiger partial charge >= 0.3 is 0 Å². The summed E-state index contributed by atoms with van der Waals surface area (Å²) >= 11 is 0. The second-order valence-electron chi connectivity index (χ2n) is 4.77. The van der Waals surface area contributed by atoms with Crippen LogP contribution in [0.5, 0.6) is 5.75 Å². The van der Waals surface area contributed by atoms with Crippen molar-refractivity contribution in [3.05, 3.63) is 29.8 Å². The number of benzene rings is 1. The third kappa shape index (κ3) is 3.45. The molecule has 2 rings (SSSR count). The molecular formula is C14H20O3. The van der Waals surface area contributed by atoms with E-state index in [0.29, 0.717) is 13.0 Å². The summed E-state index contributed by atoms with van der Waals surface area (Å²) in [6, 6.07) is 7.94. The van der Waals surface area contributed by atoms with Gasteiger partial charge in [0.1, 0.15) is 5.75 Å². The van der Waals surface area contributed by atoms with Gasteiger partial charge in [-0.25, -0.2) is 0 Å². The average Bonchev–Trinajstić information content (AvgIpc) is 2.29. The lowest BCUT2D eigenvalue weighted by molar-refractivity contribution is -0.0448. The van der Waals surface area contributed by atoms with Crippen molar-refractivity contribution < 1.29 is 14.6 Å². The van der Waals surface area contributed by atoms with Crippen molar-refractivity contribution in [2.24, 2.45) is 0 Å². The normalized spacial score (nSPS) is 24.9. The topological polar surface area (TPSA) is 38.7 Å². The first-order chi connectivity index (χ1) is 8.15. The van der Waals surface area contributed by atoms with Crippen molar-refractivity contribution in [1.82, 2.24) is 0 Å². The molecule has 1 saturated heterocycles. The first-order valence-corrected chi connectivity index (χ1v) is 6.21. The highest BCUT2D eigenvalue weighted by atomic mass is 16.5. The fourth-order valence-electron chi connectivity index (χ4n) is 2.04. The van der Waals surface area contributed by atoms with E-state index in [-0.39, 0.29) is 18.3 Å². The minimum Gasteiger partial charge on any atom is -0.491 e. The number of aliphatic hydroxyl groups excluding tert-OH is 1. The molecular weight excluding hydrogens is 216 g/mol. The first kappa shape index (κ1) is 12.4. The molecule has 1 aliphatic rings. The molecule has 0 radical (unpaired) electrons. The zero-order valence-corrected chi connectivity index (χ0v) is 10.4. The van der Waals surface area contributed by atoms with Crippen LogP contribution >= 0.6 is 0 Å². The van der Waals surface area contributed by atoms with Crippen LogP contribution in [-0.4, -0.2) is 23.9 Å². The van der Waals surface area contributed by atoms with Crippen molar-refractivity contribution >= 4 is 0 Å². The van der Waals surface area contributed by atoms with E-state index in [2.05, 4.69) is 0 Å². The quantitative estimate of drug-likeness (QED) is 0.877. The highest BCUT2D eigenvalue weighted by Gasteiger charge is 2.22. The van der Waals surface area contributed by atoms with Gasteiger partial charge in [0.25, 0.3) is 0 Å². The summed E-state index contributed by atoms with van der Waals surface area (Å²) in [7, 11) is 0. The van der Waals surface area contributed by atoms with E-state index in [0.717, 1.165) is 17.7 Å². The van der Waals surface area contributed by atoms with E-state index in [4.69, 9.17) is 9.47 Å². The van der Waals surface area contributed by atoms with Gasteiger partial charge in [0.05, 0.1) is 18.3 Å². The summed E-state index contributed by atoms with van der Waals surface area (Å²) in [6.45, 7) is 4.65. The first-order valence-electron chi connectivity index (χ1n) is 6.21. The fourth-order valence-corrected chi connectivity index (χ4v) is 2.04. The average molecular weight is 236 g/mol. The number of hydrogen-bond donors (Lipinski definition) is 1. The molecule has 1 aliphatic heterocycles. The van der Waals surface area contributed by atoms with Gasteiger partial charge in [-0.3, -0.25) is 0 Å². The van der Waals surface area contributed by atoms with Crippen LogP contribution in [0.4, 0.5) is 0 Å². The van der Waals surface area contributed by atoms with Crippen LogP contribution in [-0.2, 0) is 4.74 Å². The van der Waals surface area contributed by atoms with Crippen molar-refractivity contribution in [2.45, 2.75) is 45.0 Å². The van der Waals surface area contributed by atoms with Gasteiger partial charge in [-0.05, 0) is 38.0 Å². The molecule has 0 spiro atoms. The van der Waals surface area contributed by atoms with Gasteiger partial charge in [0.2, 0.25) is 0 Å². The summed E-state index contributed by atoms with van der Waals surface area (Å²) < 4.78 is 11.2. The number of ether oxygens (including phenoxy) is 2. The second-order valence-corrected chi connectivity index (χ2v) is 4.77. The van der Waals surface area contributed by atoms with E-state index in [1.165, 1.54) is 0 Å². The van der Waals surface area contributed by atoms with Gasteiger partial charge in [-0.2, -0.15) is 0 Å². The Labute approximate surface area is 102 Å². The summed E-state index contributed by atoms with van der Waals surface area (Å²) in [5.41, 5.74) is 1.11. The molecule has 0 aliphatic carbocycles. The highest BCUT2D eigenvalue weighted by molar-refractivity contribution is 5.29. The molecule has 0 aromatic heterocycles. The smallest absolute Gasteiger partial charge is 0.119 e. The standard InChI is InChI=1S/C14H20O3/c1-10(2)17-13-5-3-11(4-6-13)14-9-12(15)7-8-16-14/h3-6,10,12,14-15H,7-9H2,1-2H3. The Morgan fingerprint density at radius 3 is 2.59 bits per heavy atom. The fraction of sp³-hybridized carbons (Fsp3) is 0.571. The second kappa shape index (κ2) is 5.52. The molecule has 1 fully saturated rings. The SMILES string of the molecule is CC(C)Oc1ccc(C2CC(O)CCO2)cc1. The maximum Gasteiger partial charge on any atom is 0.119 e. The lowest BCUT2D eigenvalue weighted by Gasteiger charge is -2.26. The zero-order valence-electron chi connectivity index (χ0n) is 10.4. The molecule has 1 N–H and O–H groups in total. The van der Waals surface area contributed by atoms with Crippen molar-refractivity contribution in [3.63, 3.8) is 0 Å². The number of hydrogen-bond acceptors (Lipinski definition) is 3. The minimum atomic E-state index is -0.236. The molecule has 2 atom stereocenters. The van der Waals surface area contributed by atoms with Gasteiger partial charge in [0, 0.05) is 13.0 Å². The van der Waals surface area contributed by atoms with Crippen molar-refractivity contribution in [2.75, 3.05) is 6.61 Å². The third-order valence-electron chi connectivity index (χ3n) is 2.88. The highest BCUT2D eigenvalue weighted by Crippen LogP contribution is 2.29. The van der Waals surface area contributed by atoms with E-state index in [1.807, 2.05) is 38.1 Å². The number of rotatable bonds is 3. The molecule has 0 bridgehead atoms. The van der Waals surface area contributed by atoms with Crippen LogP contribution in [0.3, 0.4) is 0 Å². The Balaban J connectivity index is 2.01. The van der Waals surface area contributed by atoms with Crippen molar-refractivity contribution in [1.29, 1.82) is 0 Å². The van der Waals surface area contributed by atoms with E-state index in [1.54, 1.807) is 0 Å². The molecule has 3 heteroatoms. The molecule has 94 valence electrons. The van der Waals surface area contributed by atoms with E-state index in [9.17, 15) is 5.11 Å². The van der Waals surface area contributed by atoms with Crippen LogP contribution in [0, 0.1) is 0 Å². The van der Waals surface area contributed by atoms with Crippen molar-refractivity contribution in [3.8, 4) is 5.75 Å². The molecule has 3 nitrogen and oxygen atoms in total. The summed E-state index contributed by atoms with van der Waals surface area (Å²) in [5.74, 6) is 0.875. The molecule has 0 saturated carbocycles. The van der Waals surface area contributed by atoms with Crippen LogP contribution in [0.25, 0.3) is 0 Å². The zero-order chi connectivity index (χ0) is 12.3. The largest absolute Gasteiger partial charge is 0.491 e. The molecule has 1 aromatic rings. The molecule has 1 aromatic carbocycles. The van der Waals surface area contributed by atoms with Crippen LogP contribution in [0.2, 0.25) is 0 Å². The Morgan fingerprint density at radius 1 is 1.29 bits per heavy atom. The Kier molecular flexibility index (Phi) is 4.02. The molecule has 1 heterocycles. The Hall–Kier alpha value is -1.06. The minimum absolute atomic E-state index is 0.0202. The maximum atomic E-state index is 9.61. The Bertz CT molecular complexity index is 345. The van der Waals surface area contributed by atoms with Gasteiger partial charge in [0.15, 0.2) is 0 Å².